The zero-order valence-electron chi connectivity index (χ0n) is 16.7. The van der Waals surface area contributed by atoms with E-state index in [9.17, 15) is 0 Å². The molecule has 0 atom stereocenters. The Balaban J connectivity index is 1.57. The fourth-order valence-electron chi connectivity index (χ4n) is 5.14. The largest absolute Gasteiger partial charge is 0.300 e. The van der Waals surface area contributed by atoms with Gasteiger partial charge < -0.3 is 4.90 Å². The summed E-state index contributed by atoms with van der Waals surface area (Å²) >= 11 is 0. The van der Waals surface area contributed by atoms with Gasteiger partial charge in [0.25, 0.3) is 0 Å². The van der Waals surface area contributed by atoms with E-state index in [1.807, 2.05) is 0 Å². The number of piperidine rings is 1. The molecule has 0 N–H and O–H groups in total. The monoisotopic (exact) mass is 341 g/mol. The van der Waals surface area contributed by atoms with Crippen LogP contribution in [-0.4, -0.2) is 24.0 Å². The van der Waals surface area contributed by atoms with Crippen LogP contribution in [0.2, 0.25) is 0 Å². The third-order valence-corrected chi connectivity index (χ3v) is 6.68. The van der Waals surface area contributed by atoms with Crippen molar-refractivity contribution in [3.63, 3.8) is 0 Å². The zero-order valence-corrected chi connectivity index (χ0v) is 16.7. The Hall–Kier alpha value is -0.820. The number of nitrogens with zero attached hydrogens (tertiary/aromatic N) is 1. The van der Waals surface area contributed by atoms with Gasteiger partial charge in [-0.2, -0.15) is 0 Å². The first-order chi connectivity index (χ1) is 12.3. The molecule has 2 fully saturated rings. The first-order valence-electron chi connectivity index (χ1n) is 11.1. The highest BCUT2D eigenvalue weighted by Gasteiger charge is 2.27. The van der Waals surface area contributed by atoms with Gasteiger partial charge in [-0.15, -0.1) is 0 Å². The summed E-state index contributed by atoms with van der Waals surface area (Å²) in [6, 6.07) is 10.1. The Labute approximate surface area is 156 Å². The highest BCUT2D eigenvalue weighted by Crippen LogP contribution is 2.35. The van der Waals surface area contributed by atoms with Gasteiger partial charge in [0.1, 0.15) is 0 Å². The smallest absolute Gasteiger partial charge is 0.00952 e. The van der Waals surface area contributed by atoms with Crippen molar-refractivity contribution in [3.8, 4) is 0 Å². The van der Waals surface area contributed by atoms with Crippen LogP contribution in [0.1, 0.15) is 107 Å². The van der Waals surface area contributed by atoms with E-state index in [-0.39, 0.29) is 0 Å². The van der Waals surface area contributed by atoms with Gasteiger partial charge in [-0.25, -0.2) is 0 Å². The lowest BCUT2D eigenvalue weighted by Crippen LogP contribution is -2.41. The summed E-state index contributed by atoms with van der Waals surface area (Å²) in [6.07, 6.45) is 15.9. The molecule has 3 rings (SSSR count). The molecule has 140 valence electrons. The van der Waals surface area contributed by atoms with Crippen LogP contribution in [0, 0.1) is 0 Å². The summed E-state index contributed by atoms with van der Waals surface area (Å²) in [4.78, 5) is 2.86. The van der Waals surface area contributed by atoms with Gasteiger partial charge in [0.2, 0.25) is 0 Å². The molecule has 1 aromatic rings. The van der Waals surface area contributed by atoms with Crippen LogP contribution in [-0.2, 0) is 0 Å². The standard InChI is InChI=1S/C24H39N/c1-20(2)23-14-10-11-15-24(23)21-16-18-25(19-17-21)22-12-8-6-4-3-5-7-9-13-22/h10-11,14-15,20-22H,3-9,12-13,16-19H2,1-2H3. The highest BCUT2D eigenvalue weighted by molar-refractivity contribution is 5.33. The number of rotatable bonds is 3. The fraction of sp³-hybridized carbons (Fsp3) is 0.750. The summed E-state index contributed by atoms with van der Waals surface area (Å²) in [5.41, 5.74) is 3.22. The van der Waals surface area contributed by atoms with Crippen molar-refractivity contribution >= 4 is 0 Å². The minimum atomic E-state index is 0.646. The van der Waals surface area contributed by atoms with E-state index < -0.39 is 0 Å². The minimum absolute atomic E-state index is 0.646. The molecule has 2 aliphatic rings. The van der Waals surface area contributed by atoms with Crippen molar-refractivity contribution in [1.29, 1.82) is 0 Å². The summed E-state index contributed by atoms with van der Waals surface area (Å²) in [7, 11) is 0. The van der Waals surface area contributed by atoms with E-state index in [0.717, 1.165) is 12.0 Å². The molecule has 1 saturated heterocycles. The molecule has 25 heavy (non-hydrogen) atoms. The Bertz CT molecular complexity index is 489. The second-order valence-corrected chi connectivity index (χ2v) is 8.80. The van der Waals surface area contributed by atoms with Crippen molar-refractivity contribution in [1.82, 2.24) is 4.90 Å². The lowest BCUT2D eigenvalue weighted by atomic mass is 9.83. The fourth-order valence-corrected chi connectivity index (χ4v) is 5.14. The van der Waals surface area contributed by atoms with Crippen molar-refractivity contribution in [2.45, 2.75) is 102 Å². The average Bonchev–Trinajstić information content (AvgIpc) is 2.66. The summed E-state index contributed by atoms with van der Waals surface area (Å²) in [5.74, 6) is 1.43. The molecule has 1 aliphatic carbocycles. The second kappa shape index (κ2) is 9.76. The molecule has 0 amide bonds. The van der Waals surface area contributed by atoms with Gasteiger partial charge in [-0.3, -0.25) is 0 Å². The van der Waals surface area contributed by atoms with Crippen molar-refractivity contribution in [2.75, 3.05) is 13.1 Å². The maximum absolute atomic E-state index is 2.86. The molecule has 0 aromatic heterocycles. The van der Waals surface area contributed by atoms with Gasteiger partial charge in [-0.1, -0.05) is 83.1 Å². The molecular weight excluding hydrogens is 302 g/mol. The van der Waals surface area contributed by atoms with E-state index in [2.05, 4.69) is 43.0 Å². The molecular formula is C24H39N. The third-order valence-electron chi connectivity index (χ3n) is 6.68. The Morgan fingerprint density at radius 1 is 0.760 bits per heavy atom. The molecule has 1 heteroatoms. The maximum Gasteiger partial charge on any atom is 0.00952 e. The quantitative estimate of drug-likeness (QED) is 0.579. The molecule has 1 aromatic carbocycles. The number of likely N-dealkylation sites (tertiary alicyclic amines) is 1. The van der Waals surface area contributed by atoms with Gasteiger partial charge in [0, 0.05) is 6.04 Å². The second-order valence-electron chi connectivity index (χ2n) is 8.80. The Morgan fingerprint density at radius 2 is 1.32 bits per heavy atom. The van der Waals surface area contributed by atoms with Crippen LogP contribution >= 0.6 is 0 Å². The minimum Gasteiger partial charge on any atom is -0.300 e. The lowest BCUT2D eigenvalue weighted by Gasteiger charge is -2.39. The average molecular weight is 342 g/mol. The van der Waals surface area contributed by atoms with Crippen LogP contribution in [0.15, 0.2) is 24.3 Å². The van der Waals surface area contributed by atoms with Crippen molar-refractivity contribution in [2.24, 2.45) is 0 Å². The normalized spacial score (nSPS) is 23.0. The molecule has 1 nitrogen and oxygen atoms in total. The Morgan fingerprint density at radius 3 is 1.92 bits per heavy atom. The summed E-state index contributed by atoms with van der Waals surface area (Å²) in [6.45, 7) is 7.32. The third kappa shape index (κ3) is 5.33. The summed E-state index contributed by atoms with van der Waals surface area (Å²) < 4.78 is 0. The van der Waals surface area contributed by atoms with Gasteiger partial charge >= 0.3 is 0 Å². The molecule has 1 heterocycles. The van der Waals surface area contributed by atoms with Crippen LogP contribution in [0.25, 0.3) is 0 Å². The molecule has 0 unspecified atom stereocenters. The maximum atomic E-state index is 2.86. The highest BCUT2D eigenvalue weighted by atomic mass is 15.2. The summed E-state index contributed by atoms with van der Waals surface area (Å²) in [5, 5.41) is 0. The number of hydrogen-bond donors (Lipinski definition) is 0. The van der Waals surface area contributed by atoms with Crippen LogP contribution in [0.3, 0.4) is 0 Å². The molecule has 0 radical (unpaired) electrons. The predicted octanol–water partition coefficient (Wildman–Crippen LogP) is 6.88. The van der Waals surface area contributed by atoms with Gasteiger partial charge in [0.15, 0.2) is 0 Å². The first kappa shape index (κ1) is 19.0. The number of hydrogen-bond acceptors (Lipinski definition) is 1. The van der Waals surface area contributed by atoms with Gasteiger partial charge in [0.05, 0.1) is 0 Å². The van der Waals surface area contributed by atoms with Crippen molar-refractivity contribution in [3.05, 3.63) is 35.4 Å². The topological polar surface area (TPSA) is 3.24 Å². The van der Waals surface area contributed by atoms with Gasteiger partial charge in [-0.05, 0) is 61.7 Å². The van der Waals surface area contributed by atoms with Crippen LogP contribution in [0.4, 0.5) is 0 Å². The molecule has 0 bridgehead atoms. The molecule has 1 aliphatic heterocycles. The van der Waals surface area contributed by atoms with Crippen LogP contribution in [0.5, 0.6) is 0 Å². The molecule has 1 saturated carbocycles. The zero-order chi connectivity index (χ0) is 17.5. The number of benzene rings is 1. The van der Waals surface area contributed by atoms with Crippen molar-refractivity contribution < 1.29 is 0 Å². The van der Waals surface area contributed by atoms with Crippen LogP contribution < -0.4 is 0 Å². The first-order valence-corrected chi connectivity index (χ1v) is 11.1. The van der Waals surface area contributed by atoms with E-state index in [0.29, 0.717) is 5.92 Å². The van der Waals surface area contributed by atoms with E-state index >= 15 is 0 Å². The van der Waals surface area contributed by atoms with E-state index in [1.165, 1.54) is 83.7 Å². The SMILES string of the molecule is CC(C)c1ccccc1C1CCN(C2CCCCCCCCC2)CC1. The molecule has 0 spiro atoms. The van der Waals surface area contributed by atoms with E-state index in [4.69, 9.17) is 0 Å². The predicted molar refractivity (Wildman–Crippen MR) is 109 cm³/mol. The van der Waals surface area contributed by atoms with E-state index in [1.54, 1.807) is 11.1 Å². The Kier molecular flexibility index (Phi) is 7.40. The lowest BCUT2D eigenvalue weighted by molar-refractivity contribution is 0.131.